The highest BCUT2D eigenvalue weighted by atomic mass is 35.5. The fourth-order valence-corrected chi connectivity index (χ4v) is 3.76. The van der Waals surface area contributed by atoms with Gasteiger partial charge in [-0.1, -0.05) is 47.2 Å². The molecule has 0 unspecified atom stereocenters. The summed E-state index contributed by atoms with van der Waals surface area (Å²) in [5, 5.41) is 5.76. The number of ether oxygens (including phenoxy) is 2. The SMILES string of the molecule is CCOc1cc(C=NNc2nc3ccccc3s2)ccc1OCc1ccc(Cl)cc1. The number of hydrogen-bond donors (Lipinski definition) is 1. The number of nitrogens with zero attached hydrogens (tertiary/aromatic N) is 2. The van der Waals surface area contributed by atoms with Gasteiger partial charge in [0.2, 0.25) is 5.13 Å². The molecule has 0 aliphatic rings. The number of hydrazone groups is 1. The van der Waals surface area contributed by atoms with Crippen molar-refractivity contribution in [3.05, 3.63) is 82.9 Å². The monoisotopic (exact) mass is 437 g/mol. The van der Waals surface area contributed by atoms with Crippen molar-refractivity contribution in [2.45, 2.75) is 13.5 Å². The van der Waals surface area contributed by atoms with Crippen LogP contribution in [-0.4, -0.2) is 17.8 Å². The minimum atomic E-state index is 0.434. The second kappa shape index (κ2) is 9.61. The molecule has 0 atom stereocenters. The van der Waals surface area contributed by atoms with Gasteiger partial charge >= 0.3 is 0 Å². The van der Waals surface area contributed by atoms with Crippen LogP contribution in [0.5, 0.6) is 11.5 Å². The molecule has 1 aromatic heterocycles. The lowest BCUT2D eigenvalue weighted by Crippen LogP contribution is -2.00. The second-order valence-electron chi connectivity index (χ2n) is 6.41. The summed E-state index contributed by atoms with van der Waals surface area (Å²) in [6.45, 7) is 2.92. The molecule has 0 fully saturated rings. The Balaban J connectivity index is 1.43. The first kappa shape index (κ1) is 20.2. The standard InChI is InChI=1S/C23H20ClN3O2S/c1-2-28-21-13-17(9-12-20(21)29-15-16-7-10-18(24)11-8-16)14-25-27-23-26-19-5-3-4-6-22(19)30-23/h3-14H,2,15H2,1H3,(H,26,27). The molecule has 3 aromatic carbocycles. The number of thiazole rings is 1. The maximum atomic E-state index is 5.94. The number of para-hydroxylation sites is 1. The van der Waals surface area contributed by atoms with E-state index in [0.717, 1.165) is 26.5 Å². The summed E-state index contributed by atoms with van der Waals surface area (Å²) < 4.78 is 12.8. The number of hydrogen-bond acceptors (Lipinski definition) is 6. The van der Waals surface area contributed by atoms with Gasteiger partial charge in [0.15, 0.2) is 11.5 Å². The summed E-state index contributed by atoms with van der Waals surface area (Å²) in [6, 6.07) is 21.3. The number of nitrogens with one attached hydrogen (secondary N) is 1. The maximum Gasteiger partial charge on any atom is 0.204 e. The lowest BCUT2D eigenvalue weighted by Gasteiger charge is -2.12. The summed E-state index contributed by atoms with van der Waals surface area (Å²) in [5.74, 6) is 1.36. The predicted octanol–water partition coefficient (Wildman–Crippen LogP) is 6.37. The topological polar surface area (TPSA) is 55.7 Å². The molecule has 0 aliphatic carbocycles. The van der Waals surface area contributed by atoms with Crippen LogP contribution in [-0.2, 0) is 6.61 Å². The fraction of sp³-hybridized carbons (Fsp3) is 0.130. The number of benzene rings is 3. The van der Waals surface area contributed by atoms with E-state index in [0.29, 0.717) is 29.7 Å². The number of anilines is 1. The average Bonchev–Trinajstić information content (AvgIpc) is 3.17. The molecule has 30 heavy (non-hydrogen) atoms. The Morgan fingerprint density at radius 3 is 2.67 bits per heavy atom. The molecule has 0 spiro atoms. The molecule has 152 valence electrons. The van der Waals surface area contributed by atoms with Crippen molar-refractivity contribution in [1.82, 2.24) is 4.98 Å². The molecule has 1 heterocycles. The van der Waals surface area contributed by atoms with Crippen LogP contribution in [0.4, 0.5) is 5.13 Å². The smallest absolute Gasteiger partial charge is 0.204 e. The van der Waals surface area contributed by atoms with Crippen LogP contribution in [0.2, 0.25) is 5.02 Å². The van der Waals surface area contributed by atoms with Crippen molar-refractivity contribution in [3.8, 4) is 11.5 Å². The van der Waals surface area contributed by atoms with Gasteiger partial charge in [-0.15, -0.1) is 0 Å². The lowest BCUT2D eigenvalue weighted by molar-refractivity contribution is 0.269. The number of halogens is 1. The highest BCUT2D eigenvalue weighted by molar-refractivity contribution is 7.22. The van der Waals surface area contributed by atoms with Crippen molar-refractivity contribution in [2.75, 3.05) is 12.0 Å². The quantitative estimate of drug-likeness (QED) is 0.257. The molecule has 0 amide bonds. The molecule has 4 aromatic rings. The van der Waals surface area contributed by atoms with Crippen LogP contribution in [0.25, 0.3) is 10.2 Å². The molecule has 7 heteroatoms. The van der Waals surface area contributed by atoms with Crippen LogP contribution in [0.1, 0.15) is 18.1 Å². The third-order valence-electron chi connectivity index (χ3n) is 4.24. The van der Waals surface area contributed by atoms with Crippen LogP contribution in [0.15, 0.2) is 71.8 Å². The van der Waals surface area contributed by atoms with E-state index < -0.39 is 0 Å². The predicted molar refractivity (Wildman–Crippen MR) is 124 cm³/mol. The van der Waals surface area contributed by atoms with Crippen LogP contribution in [0, 0.1) is 0 Å². The Morgan fingerprint density at radius 1 is 1.03 bits per heavy atom. The summed E-state index contributed by atoms with van der Waals surface area (Å²) in [5.41, 5.74) is 5.88. The molecular formula is C23H20ClN3O2S. The molecule has 0 saturated carbocycles. The summed E-state index contributed by atoms with van der Waals surface area (Å²) >= 11 is 7.49. The van der Waals surface area contributed by atoms with E-state index in [4.69, 9.17) is 21.1 Å². The second-order valence-corrected chi connectivity index (χ2v) is 7.88. The summed E-state index contributed by atoms with van der Waals surface area (Å²) in [4.78, 5) is 4.50. The molecule has 0 saturated heterocycles. The van der Waals surface area contributed by atoms with Crippen molar-refractivity contribution >= 4 is 44.5 Å². The van der Waals surface area contributed by atoms with Gasteiger partial charge in [-0.05, 0) is 60.5 Å². The Morgan fingerprint density at radius 2 is 1.87 bits per heavy atom. The first-order valence-corrected chi connectivity index (χ1v) is 10.7. The van der Waals surface area contributed by atoms with E-state index >= 15 is 0 Å². The Kier molecular flexibility index (Phi) is 6.47. The van der Waals surface area contributed by atoms with E-state index in [1.807, 2.05) is 73.7 Å². The highest BCUT2D eigenvalue weighted by Gasteiger charge is 2.07. The molecule has 4 rings (SSSR count). The molecule has 5 nitrogen and oxygen atoms in total. The van der Waals surface area contributed by atoms with Crippen molar-refractivity contribution in [2.24, 2.45) is 5.10 Å². The average molecular weight is 438 g/mol. The molecule has 0 bridgehead atoms. The number of fused-ring (bicyclic) bond motifs is 1. The zero-order valence-electron chi connectivity index (χ0n) is 16.3. The van der Waals surface area contributed by atoms with E-state index in [-0.39, 0.29) is 0 Å². The van der Waals surface area contributed by atoms with E-state index in [1.165, 1.54) is 0 Å². The third kappa shape index (κ3) is 5.09. The number of aromatic nitrogens is 1. The van der Waals surface area contributed by atoms with Gasteiger partial charge < -0.3 is 9.47 Å². The fourth-order valence-electron chi connectivity index (χ4n) is 2.82. The van der Waals surface area contributed by atoms with Gasteiger partial charge in [0.1, 0.15) is 6.61 Å². The molecule has 1 N–H and O–H groups in total. The van der Waals surface area contributed by atoms with Crippen molar-refractivity contribution < 1.29 is 9.47 Å². The van der Waals surface area contributed by atoms with Gasteiger partial charge in [-0.3, -0.25) is 5.43 Å². The zero-order chi connectivity index (χ0) is 20.8. The Labute approximate surface area is 183 Å². The van der Waals surface area contributed by atoms with E-state index in [1.54, 1.807) is 17.6 Å². The van der Waals surface area contributed by atoms with Crippen LogP contribution >= 0.6 is 22.9 Å². The Bertz CT molecular complexity index is 1130. The summed E-state index contributed by atoms with van der Waals surface area (Å²) in [7, 11) is 0. The van der Waals surface area contributed by atoms with Crippen molar-refractivity contribution in [3.63, 3.8) is 0 Å². The highest BCUT2D eigenvalue weighted by Crippen LogP contribution is 2.29. The van der Waals surface area contributed by atoms with Gasteiger partial charge in [-0.25, -0.2) is 4.98 Å². The van der Waals surface area contributed by atoms with Gasteiger partial charge in [0.25, 0.3) is 0 Å². The first-order valence-electron chi connectivity index (χ1n) is 9.50. The third-order valence-corrected chi connectivity index (χ3v) is 5.44. The molecule has 0 aliphatic heterocycles. The molecular weight excluding hydrogens is 418 g/mol. The largest absolute Gasteiger partial charge is 0.490 e. The van der Waals surface area contributed by atoms with E-state index in [2.05, 4.69) is 15.5 Å². The number of rotatable bonds is 8. The first-order chi connectivity index (χ1) is 14.7. The normalized spacial score (nSPS) is 11.1. The minimum Gasteiger partial charge on any atom is -0.490 e. The van der Waals surface area contributed by atoms with E-state index in [9.17, 15) is 0 Å². The van der Waals surface area contributed by atoms with Gasteiger partial charge in [-0.2, -0.15) is 5.10 Å². The lowest BCUT2D eigenvalue weighted by atomic mass is 10.2. The zero-order valence-corrected chi connectivity index (χ0v) is 17.9. The van der Waals surface area contributed by atoms with Gasteiger partial charge in [0.05, 0.1) is 23.0 Å². The van der Waals surface area contributed by atoms with Crippen molar-refractivity contribution in [1.29, 1.82) is 0 Å². The minimum absolute atomic E-state index is 0.434. The maximum absolute atomic E-state index is 5.94. The van der Waals surface area contributed by atoms with Crippen LogP contribution in [0.3, 0.4) is 0 Å². The molecule has 0 radical (unpaired) electrons. The van der Waals surface area contributed by atoms with Gasteiger partial charge in [0, 0.05) is 5.02 Å². The Hall–Kier alpha value is -3.09. The van der Waals surface area contributed by atoms with Crippen LogP contribution < -0.4 is 14.9 Å². The summed E-state index contributed by atoms with van der Waals surface area (Å²) in [6.07, 6.45) is 1.73.